The number of amides is 1. The number of fused-ring (bicyclic) bond motifs is 1. The molecule has 1 amide bonds. The predicted octanol–water partition coefficient (Wildman–Crippen LogP) is 2.04. The SMILES string of the molecule is CCNC(=O)C1CCN(c2nc3cccnc3s2)CC1. The highest BCUT2D eigenvalue weighted by Crippen LogP contribution is 2.30. The number of pyridine rings is 1. The lowest BCUT2D eigenvalue weighted by molar-refractivity contribution is -0.125. The van der Waals surface area contributed by atoms with Crippen LogP contribution in [0.1, 0.15) is 19.8 Å². The molecule has 0 saturated carbocycles. The molecule has 2 aromatic heterocycles. The Morgan fingerprint density at radius 1 is 1.50 bits per heavy atom. The van der Waals surface area contributed by atoms with Gasteiger partial charge in [0.1, 0.15) is 10.3 Å². The molecule has 1 fully saturated rings. The lowest BCUT2D eigenvalue weighted by Gasteiger charge is -2.30. The van der Waals surface area contributed by atoms with Crippen LogP contribution < -0.4 is 10.2 Å². The van der Waals surface area contributed by atoms with Crippen LogP contribution in [0.3, 0.4) is 0 Å². The molecule has 3 rings (SSSR count). The van der Waals surface area contributed by atoms with Crippen LogP contribution in [0.2, 0.25) is 0 Å². The van der Waals surface area contributed by atoms with E-state index < -0.39 is 0 Å². The molecular weight excluding hydrogens is 272 g/mol. The monoisotopic (exact) mass is 290 g/mol. The number of hydrogen-bond donors (Lipinski definition) is 1. The first-order valence-electron chi connectivity index (χ1n) is 7.02. The number of carbonyl (C=O) groups excluding carboxylic acids is 1. The second-order valence-corrected chi connectivity index (χ2v) is 5.94. The van der Waals surface area contributed by atoms with Gasteiger partial charge in [0.2, 0.25) is 5.91 Å². The van der Waals surface area contributed by atoms with Crippen molar-refractivity contribution in [3.8, 4) is 0 Å². The highest BCUT2D eigenvalue weighted by Gasteiger charge is 2.26. The highest BCUT2D eigenvalue weighted by atomic mass is 32.1. The van der Waals surface area contributed by atoms with Gasteiger partial charge in [0.05, 0.1) is 0 Å². The Bertz CT molecular complexity index is 571. The molecule has 1 aliphatic heterocycles. The van der Waals surface area contributed by atoms with Crippen LogP contribution in [0.4, 0.5) is 5.13 Å². The molecule has 0 aromatic carbocycles. The Balaban J connectivity index is 1.67. The summed E-state index contributed by atoms with van der Waals surface area (Å²) in [5.74, 6) is 0.344. The summed E-state index contributed by atoms with van der Waals surface area (Å²) < 4.78 is 0. The summed E-state index contributed by atoms with van der Waals surface area (Å²) in [5.41, 5.74) is 0.957. The van der Waals surface area contributed by atoms with E-state index in [4.69, 9.17) is 0 Å². The van der Waals surface area contributed by atoms with Gasteiger partial charge < -0.3 is 10.2 Å². The minimum Gasteiger partial charge on any atom is -0.356 e. The van der Waals surface area contributed by atoms with Crippen LogP contribution in [0.5, 0.6) is 0 Å². The standard InChI is InChI=1S/C14H18N4OS/c1-2-15-12(19)10-5-8-18(9-6-10)14-17-11-4-3-7-16-13(11)20-14/h3-4,7,10H,2,5-6,8-9H2,1H3,(H,15,19). The molecule has 106 valence electrons. The lowest BCUT2D eigenvalue weighted by Crippen LogP contribution is -2.40. The topological polar surface area (TPSA) is 58.1 Å². The van der Waals surface area contributed by atoms with Crippen molar-refractivity contribution in [2.24, 2.45) is 5.92 Å². The summed E-state index contributed by atoms with van der Waals surface area (Å²) in [6.45, 7) is 4.45. The van der Waals surface area contributed by atoms with E-state index >= 15 is 0 Å². The first-order chi connectivity index (χ1) is 9.78. The number of carbonyl (C=O) groups is 1. The fraction of sp³-hybridized carbons (Fsp3) is 0.500. The molecule has 0 spiro atoms. The zero-order chi connectivity index (χ0) is 13.9. The fourth-order valence-corrected chi connectivity index (χ4v) is 3.51. The van der Waals surface area contributed by atoms with Gasteiger partial charge in [-0.2, -0.15) is 0 Å². The van der Waals surface area contributed by atoms with Crippen LogP contribution in [-0.2, 0) is 4.79 Å². The summed E-state index contributed by atoms with van der Waals surface area (Å²) >= 11 is 1.63. The Morgan fingerprint density at radius 2 is 2.30 bits per heavy atom. The van der Waals surface area contributed by atoms with Crippen molar-refractivity contribution in [3.05, 3.63) is 18.3 Å². The maximum atomic E-state index is 11.8. The van der Waals surface area contributed by atoms with Crippen molar-refractivity contribution in [2.45, 2.75) is 19.8 Å². The molecule has 5 nitrogen and oxygen atoms in total. The van der Waals surface area contributed by atoms with Crippen LogP contribution in [-0.4, -0.2) is 35.5 Å². The molecular formula is C14H18N4OS. The van der Waals surface area contributed by atoms with Crippen molar-refractivity contribution >= 4 is 32.7 Å². The predicted molar refractivity (Wildman–Crippen MR) is 81.0 cm³/mol. The summed E-state index contributed by atoms with van der Waals surface area (Å²) in [5, 5.41) is 3.93. The van der Waals surface area contributed by atoms with E-state index in [2.05, 4.69) is 20.2 Å². The zero-order valence-electron chi connectivity index (χ0n) is 11.5. The minimum absolute atomic E-state index is 0.152. The van der Waals surface area contributed by atoms with Gasteiger partial charge in [-0.1, -0.05) is 11.3 Å². The van der Waals surface area contributed by atoms with Crippen molar-refractivity contribution in [2.75, 3.05) is 24.5 Å². The average Bonchev–Trinajstić information content (AvgIpc) is 2.91. The third kappa shape index (κ3) is 2.60. The number of anilines is 1. The first kappa shape index (κ1) is 13.3. The van der Waals surface area contributed by atoms with E-state index in [1.807, 2.05) is 19.1 Å². The van der Waals surface area contributed by atoms with Crippen molar-refractivity contribution in [3.63, 3.8) is 0 Å². The minimum atomic E-state index is 0.152. The number of nitrogens with zero attached hydrogens (tertiary/aromatic N) is 3. The maximum absolute atomic E-state index is 11.8. The van der Waals surface area contributed by atoms with E-state index in [1.165, 1.54) is 0 Å². The lowest BCUT2D eigenvalue weighted by atomic mass is 9.96. The molecule has 0 atom stereocenters. The van der Waals surface area contributed by atoms with Gasteiger partial charge >= 0.3 is 0 Å². The van der Waals surface area contributed by atoms with Gasteiger partial charge in [0.25, 0.3) is 0 Å². The maximum Gasteiger partial charge on any atom is 0.223 e. The van der Waals surface area contributed by atoms with Crippen LogP contribution >= 0.6 is 11.3 Å². The smallest absolute Gasteiger partial charge is 0.223 e. The van der Waals surface area contributed by atoms with Gasteiger partial charge in [-0.3, -0.25) is 4.79 Å². The zero-order valence-corrected chi connectivity index (χ0v) is 12.3. The molecule has 1 aliphatic rings. The third-order valence-electron chi connectivity index (χ3n) is 3.64. The number of nitrogens with one attached hydrogen (secondary N) is 1. The largest absolute Gasteiger partial charge is 0.356 e. The van der Waals surface area contributed by atoms with E-state index in [0.29, 0.717) is 6.54 Å². The van der Waals surface area contributed by atoms with Crippen LogP contribution in [0.25, 0.3) is 10.3 Å². The molecule has 6 heteroatoms. The molecule has 1 N–H and O–H groups in total. The molecule has 0 bridgehead atoms. The van der Waals surface area contributed by atoms with Crippen molar-refractivity contribution in [1.82, 2.24) is 15.3 Å². The Labute approximate surface area is 122 Å². The van der Waals surface area contributed by atoms with E-state index in [9.17, 15) is 4.79 Å². The van der Waals surface area contributed by atoms with Gasteiger partial charge in [0.15, 0.2) is 5.13 Å². The summed E-state index contributed by atoms with van der Waals surface area (Å²) in [7, 11) is 0. The number of rotatable bonds is 3. The van der Waals surface area contributed by atoms with Gasteiger partial charge in [-0.15, -0.1) is 0 Å². The first-order valence-corrected chi connectivity index (χ1v) is 7.84. The van der Waals surface area contributed by atoms with E-state index in [-0.39, 0.29) is 11.8 Å². The van der Waals surface area contributed by atoms with Gasteiger partial charge in [-0.25, -0.2) is 9.97 Å². The third-order valence-corrected chi connectivity index (χ3v) is 4.68. The van der Waals surface area contributed by atoms with Gasteiger partial charge in [0, 0.05) is 31.7 Å². The van der Waals surface area contributed by atoms with Crippen LogP contribution in [0.15, 0.2) is 18.3 Å². The average molecular weight is 290 g/mol. The number of aromatic nitrogens is 2. The number of piperidine rings is 1. The number of hydrogen-bond acceptors (Lipinski definition) is 5. The molecule has 2 aromatic rings. The van der Waals surface area contributed by atoms with Crippen molar-refractivity contribution < 1.29 is 4.79 Å². The second-order valence-electron chi connectivity index (χ2n) is 4.98. The Hall–Kier alpha value is -1.69. The van der Waals surface area contributed by atoms with Crippen LogP contribution in [0, 0.1) is 5.92 Å². The molecule has 3 heterocycles. The Morgan fingerprint density at radius 3 is 3.00 bits per heavy atom. The van der Waals surface area contributed by atoms with E-state index in [0.717, 1.165) is 41.4 Å². The van der Waals surface area contributed by atoms with Crippen molar-refractivity contribution in [1.29, 1.82) is 0 Å². The molecule has 0 aliphatic carbocycles. The fourth-order valence-electron chi connectivity index (χ4n) is 2.55. The number of thiazole rings is 1. The molecule has 1 saturated heterocycles. The molecule has 0 unspecified atom stereocenters. The molecule has 0 radical (unpaired) electrons. The Kier molecular flexibility index (Phi) is 3.82. The van der Waals surface area contributed by atoms with E-state index in [1.54, 1.807) is 17.5 Å². The summed E-state index contributed by atoms with van der Waals surface area (Å²) in [4.78, 5) is 24.0. The molecule has 20 heavy (non-hydrogen) atoms. The summed E-state index contributed by atoms with van der Waals surface area (Å²) in [6, 6.07) is 3.90. The van der Waals surface area contributed by atoms with Gasteiger partial charge in [-0.05, 0) is 31.9 Å². The highest BCUT2D eigenvalue weighted by molar-refractivity contribution is 7.21. The summed E-state index contributed by atoms with van der Waals surface area (Å²) in [6.07, 6.45) is 3.59. The second kappa shape index (κ2) is 5.75. The normalized spacial score (nSPS) is 16.6. The quantitative estimate of drug-likeness (QED) is 0.940.